The Labute approximate surface area is 87.5 Å². The van der Waals surface area contributed by atoms with Crippen molar-refractivity contribution in [3.63, 3.8) is 0 Å². The van der Waals surface area contributed by atoms with E-state index in [4.69, 9.17) is 5.73 Å². The van der Waals surface area contributed by atoms with E-state index >= 15 is 0 Å². The Balaban J connectivity index is 2.31. The van der Waals surface area contributed by atoms with Crippen LogP contribution in [0.4, 0.5) is 0 Å². The Hall–Kier alpha value is -0.340. The molecule has 1 aliphatic carbocycles. The van der Waals surface area contributed by atoms with Crippen LogP contribution in [0.15, 0.2) is 28.7 Å². The molecule has 1 fully saturated rings. The fourth-order valence-corrected chi connectivity index (χ4v) is 2.32. The minimum absolute atomic E-state index is 0.292. The second-order valence-corrected chi connectivity index (χ2v) is 4.74. The summed E-state index contributed by atoms with van der Waals surface area (Å²) >= 11 is 3.44. The first-order valence-electron chi connectivity index (χ1n) is 4.70. The molecule has 0 amide bonds. The van der Waals surface area contributed by atoms with Gasteiger partial charge >= 0.3 is 0 Å². The van der Waals surface area contributed by atoms with E-state index in [1.807, 2.05) is 0 Å². The summed E-state index contributed by atoms with van der Waals surface area (Å²) in [6, 6.07) is 8.93. The molecule has 0 heterocycles. The second-order valence-electron chi connectivity index (χ2n) is 3.83. The van der Waals surface area contributed by atoms with Gasteiger partial charge in [-0.05, 0) is 30.5 Å². The monoisotopic (exact) mass is 239 g/mol. The third kappa shape index (κ3) is 1.42. The molecule has 1 aromatic carbocycles. The molecule has 0 aliphatic heterocycles. The molecule has 0 spiro atoms. The number of hydrogen-bond acceptors (Lipinski definition) is 1. The van der Waals surface area contributed by atoms with Crippen LogP contribution < -0.4 is 5.73 Å². The van der Waals surface area contributed by atoms with Gasteiger partial charge in [-0.25, -0.2) is 0 Å². The first kappa shape index (κ1) is 9.22. The molecule has 70 valence electrons. The van der Waals surface area contributed by atoms with E-state index in [1.54, 1.807) is 0 Å². The van der Waals surface area contributed by atoms with Crippen LogP contribution in [0.3, 0.4) is 0 Å². The third-order valence-electron chi connectivity index (χ3n) is 3.18. The fourth-order valence-electron chi connectivity index (χ4n) is 2.06. The number of nitrogens with two attached hydrogens (primary N) is 1. The molecule has 0 aromatic heterocycles. The van der Waals surface area contributed by atoms with Crippen molar-refractivity contribution in [3.8, 4) is 0 Å². The molecule has 1 nitrogen and oxygen atoms in total. The van der Waals surface area contributed by atoms with E-state index < -0.39 is 0 Å². The Bertz CT molecular complexity index is 302. The van der Waals surface area contributed by atoms with Crippen molar-refractivity contribution in [3.05, 3.63) is 34.3 Å². The number of halogens is 1. The smallest absolute Gasteiger partial charge is 0.0175 e. The zero-order chi connectivity index (χ0) is 9.47. The van der Waals surface area contributed by atoms with Crippen molar-refractivity contribution in [1.29, 1.82) is 0 Å². The first-order chi connectivity index (χ1) is 6.19. The molecular formula is C11H14BrN. The lowest BCUT2D eigenvalue weighted by Crippen LogP contribution is -2.17. The predicted molar refractivity (Wildman–Crippen MR) is 58.7 cm³/mol. The Kier molecular flexibility index (Phi) is 2.20. The Morgan fingerprint density at radius 2 is 2.00 bits per heavy atom. The van der Waals surface area contributed by atoms with Gasteiger partial charge < -0.3 is 5.73 Å². The maximum absolute atomic E-state index is 5.97. The molecule has 0 radical (unpaired) electrons. The lowest BCUT2D eigenvalue weighted by molar-refractivity contribution is 0.634. The van der Waals surface area contributed by atoms with Gasteiger partial charge in [0.25, 0.3) is 0 Å². The molecule has 1 saturated carbocycles. The summed E-state index contributed by atoms with van der Waals surface area (Å²) in [5.74, 6) is 0. The molecule has 2 rings (SSSR count). The summed E-state index contributed by atoms with van der Waals surface area (Å²) in [7, 11) is 0. The minimum Gasteiger partial charge on any atom is -0.327 e. The van der Waals surface area contributed by atoms with Crippen molar-refractivity contribution >= 4 is 15.9 Å². The average Bonchev–Trinajstić information content (AvgIpc) is 2.79. The summed E-state index contributed by atoms with van der Waals surface area (Å²) in [5.41, 5.74) is 7.66. The van der Waals surface area contributed by atoms with Gasteiger partial charge in [0.15, 0.2) is 0 Å². The normalized spacial score (nSPS) is 31.8. The van der Waals surface area contributed by atoms with Gasteiger partial charge in [-0.1, -0.05) is 35.0 Å². The van der Waals surface area contributed by atoms with Gasteiger partial charge in [-0.3, -0.25) is 0 Å². The van der Waals surface area contributed by atoms with E-state index in [9.17, 15) is 0 Å². The SMILES string of the molecule is CCC1(c2ccc(Br)cc2)CC1N. The van der Waals surface area contributed by atoms with Crippen molar-refractivity contribution < 1.29 is 0 Å². The molecule has 13 heavy (non-hydrogen) atoms. The lowest BCUT2D eigenvalue weighted by atomic mass is 9.92. The topological polar surface area (TPSA) is 26.0 Å². The van der Waals surface area contributed by atoms with E-state index in [-0.39, 0.29) is 0 Å². The molecule has 2 heteroatoms. The lowest BCUT2D eigenvalue weighted by Gasteiger charge is -2.13. The molecule has 2 atom stereocenters. The highest BCUT2D eigenvalue weighted by Crippen LogP contribution is 2.49. The number of benzene rings is 1. The van der Waals surface area contributed by atoms with Crippen molar-refractivity contribution in [1.82, 2.24) is 0 Å². The standard InChI is InChI=1S/C11H14BrN/c1-2-11(7-10(11)13)8-3-5-9(12)6-4-8/h3-6,10H,2,7,13H2,1H3. The second kappa shape index (κ2) is 3.10. The van der Waals surface area contributed by atoms with Gasteiger partial charge in [-0.15, -0.1) is 0 Å². The van der Waals surface area contributed by atoms with Crippen LogP contribution in [0.5, 0.6) is 0 Å². The highest BCUT2D eigenvalue weighted by Gasteiger charge is 2.51. The average molecular weight is 240 g/mol. The maximum Gasteiger partial charge on any atom is 0.0175 e. The Morgan fingerprint density at radius 1 is 1.46 bits per heavy atom. The number of rotatable bonds is 2. The highest BCUT2D eigenvalue weighted by molar-refractivity contribution is 9.10. The highest BCUT2D eigenvalue weighted by atomic mass is 79.9. The van der Waals surface area contributed by atoms with Crippen molar-refractivity contribution in [2.45, 2.75) is 31.2 Å². The first-order valence-corrected chi connectivity index (χ1v) is 5.50. The molecule has 1 aromatic rings. The van der Waals surface area contributed by atoms with Gasteiger partial charge in [0.05, 0.1) is 0 Å². The number of hydrogen-bond donors (Lipinski definition) is 1. The van der Waals surface area contributed by atoms with Crippen LogP contribution in [-0.2, 0) is 5.41 Å². The van der Waals surface area contributed by atoms with Crippen LogP contribution in [0, 0.1) is 0 Å². The van der Waals surface area contributed by atoms with Crippen LogP contribution in [-0.4, -0.2) is 6.04 Å². The fraction of sp³-hybridized carbons (Fsp3) is 0.455. The molecule has 0 bridgehead atoms. The van der Waals surface area contributed by atoms with Crippen LogP contribution in [0.25, 0.3) is 0 Å². The predicted octanol–water partition coefficient (Wildman–Crippen LogP) is 2.83. The van der Waals surface area contributed by atoms with Gasteiger partial charge in [0.1, 0.15) is 0 Å². The minimum atomic E-state index is 0.292. The quantitative estimate of drug-likeness (QED) is 0.845. The van der Waals surface area contributed by atoms with Crippen LogP contribution >= 0.6 is 15.9 Å². The summed E-state index contributed by atoms with van der Waals surface area (Å²) in [6.07, 6.45) is 2.29. The largest absolute Gasteiger partial charge is 0.327 e. The summed E-state index contributed by atoms with van der Waals surface area (Å²) in [4.78, 5) is 0. The molecule has 1 aliphatic rings. The van der Waals surface area contributed by atoms with E-state index in [2.05, 4.69) is 47.1 Å². The van der Waals surface area contributed by atoms with E-state index in [0.29, 0.717) is 11.5 Å². The molecule has 0 saturated heterocycles. The van der Waals surface area contributed by atoms with E-state index in [1.165, 1.54) is 5.56 Å². The molecule has 2 unspecified atom stereocenters. The van der Waals surface area contributed by atoms with Crippen molar-refractivity contribution in [2.24, 2.45) is 5.73 Å². The van der Waals surface area contributed by atoms with Gasteiger partial charge in [0, 0.05) is 15.9 Å². The zero-order valence-corrected chi connectivity index (χ0v) is 9.34. The zero-order valence-electron chi connectivity index (χ0n) is 7.76. The van der Waals surface area contributed by atoms with Crippen LogP contribution in [0.2, 0.25) is 0 Å². The summed E-state index contributed by atoms with van der Waals surface area (Å²) in [6.45, 7) is 2.22. The van der Waals surface area contributed by atoms with Gasteiger partial charge in [0.2, 0.25) is 0 Å². The third-order valence-corrected chi connectivity index (χ3v) is 3.71. The Morgan fingerprint density at radius 3 is 2.38 bits per heavy atom. The summed E-state index contributed by atoms with van der Waals surface area (Å²) < 4.78 is 1.14. The maximum atomic E-state index is 5.97. The summed E-state index contributed by atoms with van der Waals surface area (Å²) in [5, 5.41) is 0. The molecule has 2 N–H and O–H groups in total. The van der Waals surface area contributed by atoms with Crippen molar-refractivity contribution in [2.75, 3.05) is 0 Å². The van der Waals surface area contributed by atoms with Crippen LogP contribution in [0.1, 0.15) is 25.3 Å². The van der Waals surface area contributed by atoms with E-state index in [0.717, 1.165) is 17.3 Å². The van der Waals surface area contributed by atoms with Gasteiger partial charge in [-0.2, -0.15) is 0 Å². The molecular weight excluding hydrogens is 226 g/mol.